The molecule has 4 nitrogen and oxygen atoms in total. The van der Waals surface area contributed by atoms with Gasteiger partial charge in [0, 0.05) is 0 Å². The number of hydrogen-bond acceptors (Lipinski definition) is 3. The fourth-order valence-corrected chi connectivity index (χ4v) is 4.05. The van der Waals surface area contributed by atoms with Crippen molar-refractivity contribution in [2.45, 2.75) is 20.3 Å². The number of thiazole rings is 1. The molecule has 0 unspecified atom stereocenters. The van der Waals surface area contributed by atoms with Crippen molar-refractivity contribution in [3.63, 3.8) is 0 Å². The third-order valence-corrected chi connectivity index (χ3v) is 5.76. The Bertz CT molecular complexity index is 810. The van der Waals surface area contributed by atoms with Crippen molar-refractivity contribution in [3.8, 4) is 0 Å². The number of para-hydroxylation sites is 1. The fraction of sp³-hybridized carbons (Fsp3) is 0.333. The molecule has 1 N–H and O–H groups in total. The van der Waals surface area contributed by atoms with Gasteiger partial charge in [0.15, 0.2) is 5.13 Å². The molecule has 0 aliphatic carbocycles. The van der Waals surface area contributed by atoms with E-state index in [2.05, 4.69) is 19.9 Å². The van der Waals surface area contributed by atoms with E-state index in [1.54, 1.807) is 11.3 Å². The van der Waals surface area contributed by atoms with Crippen LogP contribution in [0.2, 0.25) is 0 Å². The number of fused-ring (bicyclic) bond motifs is 1. The number of quaternary nitrogens is 1. The Morgan fingerprint density at radius 2 is 1.73 bits per heavy atom. The van der Waals surface area contributed by atoms with E-state index in [9.17, 15) is 4.79 Å². The highest BCUT2D eigenvalue weighted by Crippen LogP contribution is 2.28. The lowest BCUT2D eigenvalue weighted by Crippen LogP contribution is -3.12. The smallest absolute Gasteiger partial charge is 0.233 e. The number of carbonyl (C=O) groups excluding carboxylic acids is 1. The minimum absolute atomic E-state index is 0.113. The Morgan fingerprint density at radius 1 is 1.04 bits per heavy atom. The summed E-state index contributed by atoms with van der Waals surface area (Å²) in [6, 6.07) is 18.0. The Morgan fingerprint density at radius 3 is 2.42 bits per heavy atom. The number of hydrogen-bond donors (Lipinski definition) is 1. The van der Waals surface area contributed by atoms with Crippen LogP contribution in [0.3, 0.4) is 0 Å². The number of nitrogens with one attached hydrogen (secondary N) is 1. The number of benzene rings is 2. The van der Waals surface area contributed by atoms with Gasteiger partial charge in [0.2, 0.25) is 5.91 Å². The summed E-state index contributed by atoms with van der Waals surface area (Å²) in [4.78, 5) is 21.1. The summed E-state index contributed by atoms with van der Waals surface area (Å²) in [5.74, 6) is 0.113. The first-order chi connectivity index (χ1) is 12.7. The second kappa shape index (κ2) is 8.92. The van der Waals surface area contributed by atoms with Crippen molar-refractivity contribution in [3.05, 3.63) is 60.2 Å². The van der Waals surface area contributed by atoms with Crippen LogP contribution in [0, 0.1) is 0 Å². The summed E-state index contributed by atoms with van der Waals surface area (Å²) in [7, 11) is 0. The zero-order valence-corrected chi connectivity index (χ0v) is 16.3. The lowest BCUT2D eigenvalue weighted by Gasteiger charge is -2.23. The van der Waals surface area contributed by atoms with E-state index in [0.717, 1.165) is 40.5 Å². The maximum atomic E-state index is 13.1. The monoisotopic (exact) mass is 368 g/mol. The van der Waals surface area contributed by atoms with Crippen molar-refractivity contribution >= 4 is 32.6 Å². The summed E-state index contributed by atoms with van der Waals surface area (Å²) in [5.41, 5.74) is 2.00. The SMILES string of the molecule is CC[NH+](CC)CCN(C(=O)Cc1ccccc1)c1nc2ccccc2s1. The molecule has 1 heterocycles. The van der Waals surface area contributed by atoms with Crippen LogP contribution in [0.15, 0.2) is 54.6 Å². The number of anilines is 1. The van der Waals surface area contributed by atoms with Gasteiger partial charge in [-0.15, -0.1) is 0 Å². The molecular formula is C21H26N3OS+. The molecule has 0 fully saturated rings. The zero-order chi connectivity index (χ0) is 18.4. The van der Waals surface area contributed by atoms with Crippen molar-refractivity contribution in [2.75, 3.05) is 31.1 Å². The zero-order valence-electron chi connectivity index (χ0n) is 15.4. The number of nitrogens with zero attached hydrogens (tertiary/aromatic N) is 2. The minimum Gasteiger partial charge on any atom is -0.334 e. The van der Waals surface area contributed by atoms with E-state index in [1.807, 2.05) is 53.4 Å². The quantitative estimate of drug-likeness (QED) is 0.664. The topological polar surface area (TPSA) is 37.6 Å². The molecule has 26 heavy (non-hydrogen) atoms. The average Bonchev–Trinajstić information content (AvgIpc) is 3.09. The van der Waals surface area contributed by atoms with Crippen LogP contribution in [0.5, 0.6) is 0 Å². The van der Waals surface area contributed by atoms with Gasteiger partial charge in [0.05, 0.1) is 42.8 Å². The summed E-state index contributed by atoms with van der Waals surface area (Å²) in [5, 5.41) is 0.804. The average molecular weight is 369 g/mol. The van der Waals surface area contributed by atoms with E-state index in [-0.39, 0.29) is 5.91 Å². The molecule has 0 saturated heterocycles. The minimum atomic E-state index is 0.113. The van der Waals surface area contributed by atoms with Gasteiger partial charge in [-0.2, -0.15) is 0 Å². The molecule has 3 rings (SSSR count). The molecule has 5 heteroatoms. The lowest BCUT2D eigenvalue weighted by atomic mass is 10.1. The van der Waals surface area contributed by atoms with Crippen molar-refractivity contribution in [1.82, 2.24) is 4.98 Å². The molecule has 1 amide bonds. The number of likely N-dealkylation sites (N-methyl/N-ethyl adjacent to an activating group) is 1. The molecule has 0 aliphatic heterocycles. The van der Waals surface area contributed by atoms with Gasteiger partial charge in [-0.3, -0.25) is 9.69 Å². The molecule has 0 aliphatic rings. The van der Waals surface area contributed by atoms with Crippen molar-refractivity contribution in [2.24, 2.45) is 0 Å². The summed E-state index contributed by atoms with van der Waals surface area (Å²) in [6.45, 7) is 8.14. The molecule has 2 aromatic carbocycles. The second-order valence-corrected chi connectivity index (χ2v) is 7.39. The van der Waals surface area contributed by atoms with Crippen LogP contribution in [0.4, 0.5) is 5.13 Å². The van der Waals surface area contributed by atoms with Gasteiger partial charge in [0.1, 0.15) is 0 Å². The van der Waals surface area contributed by atoms with E-state index in [1.165, 1.54) is 4.90 Å². The first kappa shape index (κ1) is 18.5. The molecule has 1 aromatic heterocycles. The summed E-state index contributed by atoms with van der Waals surface area (Å²) >= 11 is 1.60. The molecular weight excluding hydrogens is 342 g/mol. The molecule has 0 saturated carbocycles. The highest BCUT2D eigenvalue weighted by molar-refractivity contribution is 7.22. The fourth-order valence-electron chi connectivity index (χ4n) is 3.04. The van der Waals surface area contributed by atoms with Crippen molar-refractivity contribution < 1.29 is 9.69 Å². The number of amides is 1. The van der Waals surface area contributed by atoms with Gasteiger partial charge >= 0.3 is 0 Å². The molecule has 136 valence electrons. The number of rotatable bonds is 8. The standard InChI is InChI=1S/C21H25N3OS/c1-3-23(4-2)14-15-24(20(25)16-17-10-6-5-7-11-17)21-22-18-12-8-9-13-19(18)26-21/h5-13H,3-4,14-16H2,1-2H3/p+1. The van der Waals surface area contributed by atoms with E-state index >= 15 is 0 Å². The Balaban J connectivity index is 1.84. The van der Waals surface area contributed by atoms with Gasteiger partial charge < -0.3 is 4.90 Å². The van der Waals surface area contributed by atoms with Crippen LogP contribution in [0.1, 0.15) is 19.4 Å². The lowest BCUT2D eigenvalue weighted by molar-refractivity contribution is -0.894. The Kier molecular flexibility index (Phi) is 6.36. The van der Waals surface area contributed by atoms with E-state index < -0.39 is 0 Å². The van der Waals surface area contributed by atoms with Crippen LogP contribution in [-0.4, -0.2) is 37.1 Å². The number of carbonyl (C=O) groups is 1. The largest absolute Gasteiger partial charge is 0.334 e. The molecule has 0 bridgehead atoms. The van der Waals surface area contributed by atoms with E-state index in [0.29, 0.717) is 13.0 Å². The van der Waals surface area contributed by atoms with Crippen LogP contribution in [-0.2, 0) is 11.2 Å². The first-order valence-corrected chi connectivity index (χ1v) is 10.1. The van der Waals surface area contributed by atoms with Crippen molar-refractivity contribution in [1.29, 1.82) is 0 Å². The van der Waals surface area contributed by atoms with Crippen LogP contribution in [0.25, 0.3) is 10.2 Å². The third kappa shape index (κ3) is 4.48. The molecule has 3 aromatic rings. The third-order valence-electron chi connectivity index (χ3n) is 4.70. The molecule has 0 spiro atoms. The van der Waals surface area contributed by atoms with Crippen LogP contribution >= 0.6 is 11.3 Å². The predicted molar refractivity (Wildman–Crippen MR) is 109 cm³/mol. The van der Waals surface area contributed by atoms with Gasteiger partial charge in [-0.25, -0.2) is 4.98 Å². The van der Waals surface area contributed by atoms with Gasteiger partial charge in [0.25, 0.3) is 0 Å². The van der Waals surface area contributed by atoms with Crippen LogP contribution < -0.4 is 9.80 Å². The Labute approximate surface area is 159 Å². The maximum absolute atomic E-state index is 13.1. The van der Waals surface area contributed by atoms with Gasteiger partial charge in [-0.1, -0.05) is 53.8 Å². The van der Waals surface area contributed by atoms with Gasteiger partial charge in [-0.05, 0) is 31.5 Å². The predicted octanol–water partition coefficient (Wildman–Crippen LogP) is 2.80. The molecule has 0 atom stereocenters. The second-order valence-electron chi connectivity index (χ2n) is 6.38. The Hall–Kier alpha value is -2.24. The highest BCUT2D eigenvalue weighted by atomic mass is 32.1. The normalized spacial score (nSPS) is 11.2. The number of aromatic nitrogens is 1. The first-order valence-electron chi connectivity index (χ1n) is 9.24. The van der Waals surface area contributed by atoms with E-state index in [4.69, 9.17) is 4.98 Å². The maximum Gasteiger partial charge on any atom is 0.233 e. The summed E-state index contributed by atoms with van der Waals surface area (Å²) < 4.78 is 1.12. The molecule has 0 radical (unpaired) electrons. The highest BCUT2D eigenvalue weighted by Gasteiger charge is 2.21. The summed E-state index contributed by atoms with van der Waals surface area (Å²) in [6.07, 6.45) is 0.407.